The van der Waals surface area contributed by atoms with Crippen LogP contribution in [0.2, 0.25) is 5.02 Å². The summed E-state index contributed by atoms with van der Waals surface area (Å²) in [6.45, 7) is 5.04. The van der Waals surface area contributed by atoms with Crippen LogP contribution in [0.5, 0.6) is 0 Å². The van der Waals surface area contributed by atoms with Gasteiger partial charge in [0.25, 0.3) is 0 Å². The van der Waals surface area contributed by atoms with Crippen molar-refractivity contribution in [3.8, 4) is 0 Å². The van der Waals surface area contributed by atoms with Crippen molar-refractivity contribution in [1.82, 2.24) is 0 Å². The minimum Gasteiger partial charge on any atom is -0.381 e. The molecule has 2 aromatic rings. The number of nitrogens with one attached hydrogen (secondary N) is 1. The second-order valence-corrected chi connectivity index (χ2v) is 5.63. The number of halogens is 2. The van der Waals surface area contributed by atoms with E-state index in [2.05, 4.69) is 53.3 Å². The Bertz CT molecular complexity index is 566. The van der Waals surface area contributed by atoms with E-state index >= 15 is 0 Å². The standard InChI is InChI=1S/C15H15BrClN/c1-10-4-3-5-15(11(10)2)18-9-12-6-7-13(17)8-14(12)16/h3-8,18H,9H2,1-2H3. The van der Waals surface area contributed by atoms with Gasteiger partial charge in [0, 0.05) is 21.7 Å². The van der Waals surface area contributed by atoms with Gasteiger partial charge >= 0.3 is 0 Å². The molecule has 0 aliphatic carbocycles. The highest BCUT2D eigenvalue weighted by molar-refractivity contribution is 9.10. The highest BCUT2D eigenvalue weighted by atomic mass is 79.9. The zero-order chi connectivity index (χ0) is 13.1. The van der Waals surface area contributed by atoms with Crippen molar-refractivity contribution in [2.45, 2.75) is 20.4 Å². The summed E-state index contributed by atoms with van der Waals surface area (Å²) >= 11 is 9.46. The molecule has 1 nitrogen and oxygen atoms in total. The first-order valence-electron chi connectivity index (χ1n) is 5.82. The zero-order valence-electron chi connectivity index (χ0n) is 10.4. The van der Waals surface area contributed by atoms with Gasteiger partial charge in [-0.05, 0) is 48.7 Å². The molecule has 0 fully saturated rings. The summed E-state index contributed by atoms with van der Waals surface area (Å²) in [5.41, 5.74) is 4.97. The molecular weight excluding hydrogens is 310 g/mol. The molecule has 0 atom stereocenters. The van der Waals surface area contributed by atoms with Crippen LogP contribution in [-0.4, -0.2) is 0 Å². The molecule has 3 heteroatoms. The van der Waals surface area contributed by atoms with Gasteiger partial charge in [0.2, 0.25) is 0 Å². The third-order valence-corrected chi connectivity index (χ3v) is 4.06. The van der Waals surface area contributed by atoms with Crippen LogP contribution in [0.25, 0.3) is 0 Å². The summed E-state index contributed by atoms with van der Waals surface area (Å²) in [5.74, 6) is 0. The van der Waals surface area contributed by atoms with E-state index < -0.39 is 0 Å². The van der Waals surface area contributed by atoms with E-state index in [4.69, 9.17) is 11.6 Å². The summed E-state index contributed by atoms with van der Waals surface area (Å²) in [4.78, 5) is 0. The Labute approximate surface area is 121 Å². The smallest absolute Gasteiger partial charge is 0.0417 e. The molecule has 0 saturated carbocycles. The van der Waals surface area contributed by atoms with Gasteiger partial charge in [0.1, 0.15) is 0 Å². The monoisotopic (exact) mass is 323 g/mol. The summed E-state index contributed by atoms with van der Waals surface area (Å²) in [7, 11) is 0. The average molecular weight is 325 g/mol. The number of anilines is 1. The molecule has 0 heterocycles. The lowest BCUT2D eigenvalue weighted by Gasteiger charge is -2.12. The summed E-state index contributed by atoms with van der Waals surface area (Å²) < 4.78 is 1.04. The van der Waals surface area contributed by atoms with Crippen molar-refractivity contribution in [1.29, 1.82) is 0 Å². The first-order chi connectivity index (χ1) is 8.58. The van der Waals surface area contributed by atoms with E-state index in [0.29, 0.717) is 0 Å². The van der Waals surface area contributed by atoms with Crippen molar-refractivity contribution in [2.75, 3.05) is 5.32 Å². The van der Waals surface area contributed by atoms with E-state index in [1.807, 2.05) is 18.2 Å². The van der Waals surface area contributed by atoms with Crippen molar-refractivity contribution in [3.05, 3.63) is 62.6 Å². The molecule has 0 aromatic heterocycles. The minimum atomic E-state index is 0.748. The zero-order valence-corrected chi connectivity index (χ0v) is 12.8. The lowest BCUT2D eigenvalue weighted by molar-refractivity contribution is 1.12. The third kappa shape index (κ3) is 3.06. The Hall–Kier alpha value is -0.990. The van der Waals surface area contributed by atoms with Gasteiger partial charge in [0.05, 0.1) is 0 Å². The molecule has 2 rings (SSSR count). The third-order valence-electron chi connectivity index (χ3n) is 3.09. The normalized spacial score (nSPS) is 10.4. The highest BCUT2D eigenvalue weighted by Crippen LogP contribution is 2.24. The number of aryl methyl sites for hydroxylation is 1. The van der Waals surface area contributed by atoms with Crippen molar-refractivity contribution < 1.29 is 0 Å². The SMILES string of the molecule is Cc1cccc(NCc2ccc(Cl)cc2Br)c1C. The number of hydrogen-bond acceptors (Lipinski definition) is 1. The highest BCUT2D eigenvalue weighted by Gasteiger charge is 2.03. The second-order valence-electron chi connectivity index (χ2n) is 4.34. The second kappa shape index (κ2) is 5.77. The molecule has 0 aliphatic rings. The Morgan fingerprint density at radius 3 is 2.67 bits per heavy atom. The quantitative estimate of drug-likeness (QED) is 0.804. The molecule has 0 unspecified atom stereocenters. The molecule has 0 bridgehead atoms. The lowest BCUT2D eigenvalue weighted by Crippen LogP contribution is -2.02. The number of benzene rings is 2. The first-order valence-corrected chi connectivity index (χ1v) is 6.99. The molecule has 0 radical (unpaired) electrons. The van der Waals surface area contributed by atoms with Crippen LogP contribution in [-0.2, 0) is 6.54 Å². The first kappa shape index (κ1) is 13.4. The maximum absolute atomic E-state index is 5.93. The molecule has 1 N–H and O–H groups in total. The number of hydrogen-bond donors (Lipinski definition) is 1. The maximum atomic E-state index is 5.93. The maximum Gasteiger partial charge on any atom is 0.0417 e. The van der Waals surface area contributed by atoms with Crippen LogP contribution in [0, 0.1) is 13.8 Å². The Morgan fingerprint density at radius 1 is 1.17 bits per heavy atom. The van der Waals surface area contributed by atoms with E-state index in [0.717, 1.165) is 16.0 Å². The fourth-order valence-electron chi connectivity index (χ4n) is 1.80. The van der Waals surface area contributed by atoms with E-state index in [-0.39, 0.29) is 0 Å². The predicted molar refractivity (Wildman–Crippen MR) is 82.4 cm³/mol. The summed E-state index contributed by atoms with van der Waals surface area (Å²) in [6, 6.07) is 12.2. The van der Waals surface area contributed by atoms with Crippen LogP contribution >= 0.6 is 27.5 Å². The molecule has 2 aromatic carbocycles. The molecule has 0 aliphatic heterocycles. The minimum absolute atomic E-state index is 0.748. The van der Waals surface area contributed by atoms with Gasteiger partial charge in [-0.1, -0.05) is 45.7 Å². The van der Waals surface area contributed by atoms with Crippen molar-refractivity contribution in [2.24, 2.45) is 0 Å². The van der Waals surface area contributed by atoms with Gasteiger partial charge in [-0.3, -0.25) is 0 Å². The molecule has 0 saturated heterocycles. The molecule has 94 valence electrons. The molecule has 0 amide bonds. The van der Waals surface area contributed by atoms with Crippen molar-refractivity contribution in [3.63, 3.8) is 0 Å². The van der Waals surface area contributed by atoms with Crippen LogP contribution in [0.3, 0.4) is 0 Å². The fraction of sp³-hybridized carbons (Fsp3) is 0.200. The fourth-order valence-corrected chi connectivity index (χ4v) is 2.62. The van der Waals surface area contributed by atoms with Gasteiger partial charge in [-0.15, -0.1) is 0 Å². The van der Waals surface area contributed by atoms with Crippen LogP contribution in [0.15, 0.2) is 40.9 Å². The molecule has 0 spiro atoms. The van der Waals surface area contributed by atoms with Gasteiger partial charge in [0.15, 0.2) is 0 Å². The average Bonchev–Trinajstić information content (AvgIpc) is 2.33. The Morgan fingerprint density at radius 2 is 1.94 bits per heavy atom. The van der Waals surface area contributed by atoms with Crippen molar-refractivity contribution >= 4 is 33.2 Å². The van der Waals surface area contributed by atoms with Crippen LogP contribution in [0.1, 0.15) is 16.7 Å². The van der Waals surface area contributed by atoms with Crippen LogP contribution in [0.4, 0.5) is 5.69 Å². The molecular formula is C15H15BrClN. The summed E-state index contributed by atoms with van der Waals surface area (Å²) in [6.07, 6.45) is 0. The van der Waals surface area contributed by atoms with Gasteiger partial charge in [-0.25, -0.2) is 0 Å². The topological polar surface area (TPSA) is 12.0 Å². The summed E-state index contributed by atoms with van der Waals surface area (Å²) in [5, 5.41) is 4.20. The van der Waals surface area contributed by atoms with E-state index in [9.17, 15) is 0 Å². The Kier molecular flexibility index (Phi) is 4.31. The van der Waals surface area contributed by atoms with Gasteiger partial charge in [-0.2, -0.15) is 0 Å². The van der Waals surface area contributed by atoms with E-state index in [1.165, 1.54) is 22.4 Å². The van der Waals surface area contributed by atoms with Crippen LogP contribution < -0.4 is 5.32 Å². The molecule has 18 heavy (non-hydrogen) atoms. The Balaban J connectivity index is 2.14. The number of rotatable bonds is 3. The lowest BCUT2D eigenvalue weighted by atomic mass is 10.1. The van der Waals surface area contributed by atoms with E-state index in [1.54, 1.807) is 0 Å². The largest absolute Gasteiger partial charge is 0.381 e. The van der Waals surface area contributed by atoms with Gasteiger partial charge < -0.3 is 5.32 Å². The predicted octanol–water partition coefficient (Wildman–Crippen LogP) is 5.33.